The molecule has 2 rings (SSSR count). The van der Waals surface area contributed by atoms with Crippen LogP contribution in [0.2, 0.25) is 0 Å². The molecule has 0 unspecified atom stereocenters. The van der Waals surface area contributed by atoms with Gasteiger partial charge >= 0.3 is 0 Å². The Labute approximate surface area is 121 Å². The standard InChI is InChI=1S/C17H22N2O/c1-3-10-20-17-12-14(18)11-16(13-17)19(4-2)15-8-6-5-7-9-15/h5-9,11-13H,3-4,10,18H2,1-2H3. The van der Waals surface area contributed by atoms with Crippen LogP contribution in [-0.2, 0) is 0 Å². The topological polar surface area (TPSA) is 38.5 Å². The summed E-state index contributed by atoms with van der Waals surface area (Å²) < 4.78 is 5.70. The summed E-state index contributed by atoms with van der Waals surface area (Å²) in [5, 5.41) is 0. The molecule has 106 valence electrons. The maximum absolute atomic E-state index is 6.00. The van der Waals surface area contributed by atoms with Crippen molar-refractivity contribution in [2.24, 2.45) is 0 Å². The van der Waals surface area contributed by atoms with E-state index in [0.29, 0.717) is 6.61 Å². The normalized spacial score (nSPS) is 10.3. The number of rotatable bonds is 6. The molecule has 0 heterocycles. The van der Waals surface area contributed by atoms with Crippen LogP contribution in [0.1, 0.15) is 20.3 Å². The first-order valence-corrected chi connectivity index (χ1v) is 7.10. The highest BCUT2D eigenvalue weighted by Crippen LogP contribution is 2.30. The number of nitrogens with zero attached hydrogens (tertiary/aromatic N) is 1. The molecule has 20 heavy (non-hydrogen) atoms. The fraction of sp³-hybridized carbons (Fsp3) is 0.294. The largest absolute Gasteiger partial charge is 0.493 e. The predicted octanol–water partition coefficient (Wildman–Crippen LogP) is 4.22. The average Bonchev–Trinajstić information content (AvgIpc) is 2.46. The van der Waals surface area contributed by atoms with Crippen LogP contribution >= 0.6 is 0 Å². The van der Waals surface area contributed by atoms with Gasteiger partial charge in [-0.3, -0.25) is 0 Å². The highest BCUT2D eigenvalue weighted by atomic mass is 16.5. The molecule has 0 aliphatic carbocycles. The average molecular weight is 270 g/mol. The Hall–Kier alpha value is -2.16. The van der Waals surface area contributed by atoms with E-state index in [-0.39, 0.29) is 0 Å². The highest BCUT2D eigenvalue weighted by Gasteiger charge is 2.09. The van der Waals surface area contributed by atoms with Gasteiger partial charge in [0.15, 0.2) is 0 Å². The van der Waals surface area contributed by atoms with E-state index in [1.54, 1.807) is 0 Å². The summed E-state index contributed by atoms with van der Waals surface area (Å²) in [4.78, 5) is 2.22. The van der Waals surface area contributed by atoms with Gasteiger partial charge < -0.3 is 15.4 Å². The Bertz CT molecular complexity index is 540. The van der Waals surface area contributed by atoms with E-state index >= 15 is 0 Å². The molecule has 0 radical (unpaired) electrons. The minimum Gasteiger partial charge on any atom is -0.493 e. The fourth-order valence-corrected chi connectivity index (χ4v) is 2.19. The van der Waals surface area contributed by atoms with Gasteiger partial charge in [0.25, 0.3) is 0 Å². The minimum atomic E-state index is 0.709. The number of ether oxygens (including phenoxy) is 1. The van der Waals surface area contributed by atoms with Gasteiger partial charge in [-0.15, -0.1) is 0 Å². The van der Waals surface area contributed by atoms with Crippen LogP contribution in [0.4, 0.5) is 17.1 Å². The van der Waals surface area contributed by atoms with E-state index in [1.165, 1.54) is 0 Å². The molecule has 0 aliphatic heterocycles. The molecule has 0 spiro atoms. The molecule has 3 heteroatoms. The summed E-state index contributed by atoms with van der Waals surface area (Å²) in [5.74, 6) is 0.830. The van der Waals surface area contributed by atoms with Crippen molar-refractivity contribution in [1.29, 1.82) is 0 Å². The minimum absolute atomic E-state index is 0.709. The third-order valence-corrected chi connectivity index (χ3v) is 3.08. The SMILES string of the molecule is CCCOc1cc(N)cc(N(CC)c2ccccc2)c1. The monoisotopic (exact) mass is 270 g/mol. The molecule has 0 saturated carbocycles. The van der Waals surface area contributed by atoms with Crippen molar-refractivity contribution >= 4 is 17.1 Å². The van der Waals surface area contributed by atoms with Crippen molar-refractivity contribution in [2.75, 3.05) is 23.8 Å². The number of hydrogen-bond acceptors (Lipinski definition) is 3. The second kappa shape index (κ2) is 6.85. The van der Waals surface area contributed by atoms with Gasteiger partial charge in [0.2, 0.25) is 0 Å². The summed E-state index contributed by atoms with van der Waals surface area (Å²) in [7, 11) is 0. The molecule has 2 aromatic carbocycles. The molecule has 0 atom stereocenters. The highest BCUT2D eigenvalue weighted by molar-refractivity contribution is 5.68. The Morgan fingerprint density at radius 3 is 2.40 bits per heavy atom. The van der Waals surface area contributed by atoms with Crippen molar-refractivity contribution in [3.63, 3.8) is 0 Å². The van der Waals surface area contributed by atoms with Crippen LogP contribution in [0, 0.1) is 0 Å². The number of para-hydroxylation sites is 1. The van der Waals surface area contributed by atoms with Gasteiger partial charge in [0.05, 0.1) is 6.61 Å². The van der Waals surface area contributed by atoms with Gasteiger partial charge in [-0.1, -0.05) is 25.1 Å². The van der Waals surface area contributed by atoms with E-state index in [0.717, 1.165) is 35.8 Å². The van der Waals surface area contributed by atoms with Crippen LogP contribution in [0.15, 0.2) is 48.5 Å². The van der Waals surface area contributed by atoms with Gasteiger partial charge in [-0.05, 0) is 31.5 Å². The smallest absolute Gasteiger partial charge is 0.123 e. The van der Waals surface area contributed by atoms with Crippen LogP contribution < -0.4 is 15.4 Å². The lowest BCUT2D eigenvalue weighted by Gasteiger charge is -2.24. The number of hydrogen-bond donors (Lipinski definition) is 1. The molecule has 0 saturated heterocycles. The molecule has 0 aliphatic rings. The molecule has 2 N–H and O–H groups in total. The fourth-order valence-electron chi connectivity index (χ4n) is 2.19. The maximum Gasteiger partial charge on any atom is 0.123 e. The van der Waals surface area contributed by atoms with Crippen molar-refractivity contribution in [3.8, 4) is 5.75 Å². The number of anilines is 3. The van der Waals surface area contributed by atoms with E-state index < -0.39 is 0 Å². The van der Waals surface area contributed by atoms with Crippen LogP contribution in [-0.4, -0.2) is 13.2 Å². The van der Waals surface area contributed by atoms with Gasteiger partial charge in [-0.25, -0.2) is 0 Å². The van der Waals surface area contributed by atoms with E-state index in [4.69, 9.17) is 10.5 Å². The molecule has 2 aromatic rings. The molecular weight excluding hydrogens is 248 g/mol. The molecule has 0 fully saturated rings. The van der Waals surface area contributed by atoms with Crippen molar-refractivity contribution < 1.29 is 4.74 Å². The zero-order valence-corrected chi connectivity index (χ0v) is 12.2. The molecule has 0 amide bonds. The van der Waals surface area contributed by atoms with E-state index in [2.05, 4.69) is 30.9 Å². The lowest BCUT2D eigenvalue weighted by Crippen LogP contribution is -2.16. The van der Waals surface area contributed by atoms with Crippen molar-refractivity contribution in [3.05, 3.63) is 48.5 Å². The summed E-state index contributed by atoms with van der Waals surface area (Å²) in [6, 6.07) is 16.2. The summed E-state index contributed by atoms with van der Waals surface area (Å²) >= 11 is 0. The molecular formula is C17H22N2O. The number of nitrogens with two attached hydrogens (primary N) is 1. The van der Waals surface area contributed by atoms with Gasteiger partial charge in [-0.2, -0.15) is 0 Å². The predicted molar refractivity (Wildman–Crippen MR) is 85.8 cm³/mol. The zero-order valence-electron chi connectivity index (χ0n) is 12.2. The first kappa shape index (κ1) is 14.3. The van der Waals surface area contributed by atoms with Gasteiger partial charge in [0.1, 0.15) is 5.75 Å². The second-order valence-corrected chi connectivity index (χ2v) is 4.69. The molecule has 0 aromatic heterocycles. The first-order valence-electron chi connectivity index (χ1n) is 7.10. The third-order valence-electron chi connectivity index (χ3n) is 3.08. The lowest BCUT2D eigenvalue weighted by atomic mass is 10.2. The Balaban J connectivity index is 2.32. The Kier molecular flexibility index (Phi) is 4.88. The van der Waals surface area contributed by atoms with Gasteiger partial charge in [0, 0.05) is 35.7 Å². The first-order chi connectivity index (χ1) is 9.74. The summed E-state index contributed by atoms with van der Waals surface area (Å²) in [6.45, 7) is 5.80. The van der Waals surface area contributed by atoms with E-state index in [9.17, 15) is 0 Å². The van der Waals surface area contributed by atoms with Crippen LogP contribution in [0.25, 0.3) is 0 Å². The summed E-state index contributed by atoms with van der Waals surface area (Å²) in [6.07, 6.45) is 0.986. The second-order valence-electron chi connectivity index (χ2n) is 4.69. The number of benzene rings is 2. The Morgan fingerprint density at radius 1 is 1.00 bits per heavy atom. The maximum atomic E-state index is 6.00. The molecule has 3 nitrogen and oxygen atoms in total. The molecule has 0 bridgehead atoms. The van der Waals surface area contributed by atoms with Crippen LogP contribution in [0.5, 0.6) is 5.75 Å². The van der Waals surface area contributed by atoms with Crippen molar-refractivity contribution in [2.45, 2.75) is 20.3 Å². The van der Waals surface area contributed by atoms with Crippen LogP contribution in [0.3, 0.4) is 0 Å². The number of nitrogen functional groups attached to an aromatic ring is 1. The summed E-state index contributed by atoms with van der Waals surface area (Å²) in [5.41, 5.74) is 8.93. The quantitative estimate of drug-likeness (QED) is 0.799. The third kappa shape index (κ3) is 3.44. The van der Waals surface area contributed by atoms with Crippen molar-refractivity contribution in [1.82, 2.24) is 0 Å². The lowest BCUT2D eigenvalue weighted by molar-refractivity contribution is 0.317. The zero-order chi connectivity index (χ0) is 14.4. The van der Waals surface area contributed by atoms with E-state index in [1.807, 2.05) is 36.4 Å². The Morgan fingerprint density at radius 2 is 1.75 bits per heavy atom.